The number of aliphatic hydroxyl groups is 1. The number of unbranched alkanes of at least 4 members (excludes halogenated alkanes) is 3. The minimum atomic E-state index is -0.181. The van der Waals surface area contributed by atoms with E-state index in [1.54, 1.807) is 0 Å². The van der Waals surface area contributed by atoms with Gasteiger partial charge in [0.2, 0.25) is 0 Å². The van der Waals surface area contributed by atoms with Crippen molar-refractivity contribution in [2.45, 2.75) is 83.2 Å². The Morgan fingerprint density at radius 2 is 2.00 bits per heavy atom. The van der Waals surface area contributed by atoms with Crippen molar-refractivity contribution in [2.75, 3.05) is 13.6 Å². The number of aromatic hydroxyl groups is 1. The van der Waals surface area contributed by atoms with Crippen LogP contribution in [0, 0.1) is 22.7 Å². The zero-order chi connectivity index (χ0) is 21.4. The van der Waals surface area contributed by atoms with Crippen LogP contribution in [0.5, 0.6) is 5.75 Å². The Bertz CT molecular complexity index is 761. The molecular weight excluding hydrogens is 370 g/mol. The summed E-state index contributed by atoms with van der Waals surface area (Å²) in [5.41, 5.74) is 2.86. The van der Waals surface area contributed by atoms with Gasteiger partial charge in [0.25, 0.3) is 0 Å². The van der Waals surface area contributed by atoms with Gasteiger partial charge in [-0.05, 0) is 110 Å². The third kappa shape index (κ3) is 3.52. The lowest BCUT2D eigenvalue weighted by Crippen LogP contribution is -2.54. The standard InChI is InChI=1S/C27H41NO2/c1-4-27-15-14-19-17-21(29)10-11-22(19)25(27)20(9-7-5-6-8-16-28-3)18-26(2)23(27)12-13-24(26)30/h4,10-11,17,20,23-25,28-30H,1,5-9,12-16,18H2,2-3H3/t20-,23?,24-,25?,26-,27-/m0/s1. The van der Waals surface area contributed by atoms with Crippen LogP contribution in [0.25, 0.3) is 0 Å². The van der Waals surface area contributed by atoms with Crippen LogP contribution >= 0.6 is 0 Å². The van der Waals surface area contributed by atoms with E-state index in [2.05, 4.69) is 31.0 Å². The van der Waals surface area contributed by atoms with E-state index in [-0.39, 0.29) is 16.9 Å². The Kier molecular flexibility index (Phi) is 6.33. The molecule has 3 nitrogen and oxygen atoms in total. The summed E-state index contributed by atoms with van der Waals surface area (Å²) in [6.45, 7) is 7.86. The van der Waals surface area contributed by atoms with Crippen LogP contribution in [-0.4, -0.2) is 29.9 Å². The number of nitrogens with one attached hydrogen (secondary N) is 1. The Hall–Kier alpha value is -1.32. The summed E-state index contributed by atoms with van der Waals surface area (Å²) in [5, 5.41) is 24.4. The second kappa shape index (κ2) is 8.67. The van der Waals surface area contributed by atoms with Crippen molar-refractivity contribution in [2.24, 2.45) is 22.7 Å². The smallest absolute Gasteiger partial charge is 0.115 e. The SMILES string of the molecule is C=C[C@@]12CCc3cc(O)ccc3C1[C@@H](CCCCCCNC)C[C@@]1(C)C2CC[C@@H]1O. The average Bonchev–Trinajstić information content (AvgIpc) is 3.04. The highest BCUT2D eigenvalue weighted by Crippen LogP contribution is 2.69. The fraction of sp³-hybridized carbons (Fsp3) is 0.704. The number of aliphatic hydroxyl groups excluding tert-OH is 1. The van der Waals surface area contributed by atoms with Crippen LogP contribution in [0.3, 0.4) is 0 Å². The molecule has 0 aliphatic heterocycles. The lowest BCUT2D eigenvalue weighted by Gasteiger charge is -2.60. The van der Waals surface area contributed by atoms with Crippen LogP contribution in [0.4, 0.5) is 0 Å². The lowest BCUT2D eigenvalue weighted by atomic mass is 9.44. The number of hydrogen-bond donors (Lipinski definition) is 3. The first-order valence-electron chi connectivity index (χ1n) is 12.2. The topological polar surface area (TPSA) is 52.5 Å². The third-order valence-electron chi connectivity index (χ3n) is 9.11. The highest BCUT2D eigenvalue weighted by Gasteiger charge is 2.63. The van der Waals surface area contributed by atoms with Gasteiger partial charge in [0, 0.05) is 0 Å². The van der Waals surface area contributed by atoms with Crippen molar-refractivity contribution in [1.29, 1.82) is 0 Å². The first-order valence-corrected chi connectivity index (χ1v) is 12.2. The maximum atomic E-state index is 11.0. The van der Waals surface area contributed by atoms with Crippen molar-refractivity contribution in [3.8, 4) is 5.75 Å². The number of hydrogen-bond acceptors (Lipinski definition) is 3. The molecule has 2 unspecified atom stereocenters. The van der Waals surface area contributed by atoms with Crippen LogP contribution in [0.2, 0.25) is 0 Å². The molecule has 3 heteroatoms. The van der Waals surface area contributed by atoms with Crippen molar-refractivity contribution in [3.63, 3.8) is 0 Å². The number of rotatable bonds is 8. The zero-order valence-corrected chi connectivity index (χ0v) is 19.0. The number of phenolic OH excluding ortho intramolecular Hbond substituents is 1. The quantitative estimate of drug-likeness (QED) is 0.388. The van der Waals surface area contributed by atoms with Gasteiger partial charge in [0.15, 0.2) is 0 Å². The second-order valence-electron chi connectivity index (χ2n) is 10.6. The molecule has 166 valence electrons. The number of allylic oxidation sites excluding steroid dienone is 1. The summed E-state index contributed by atoms with van der Waals surface area (Å²) in [6.07, 6.45) is 13.7. The predicted octanol–water partition coefficient (Wildman–Crippen LogP) is 5.56. The molecule has 0 bridgehead atoms. The number of benzene rings is 1. The van der Waals surface area contributed by atoms with E-state index in [1.807, 2.05) is 19.2 Å². The van der Waals surface area contributed by atoms with Gasteiger partial charge in [-0.3, -0.25) is 0 Å². The second-order valence-corrected chi connectivity index (χ2v) is 10.6. The monoisotopic (exact) mass is 411 g/mol. The lowest BCUT2D eigenvalue weighted by molar-refractivity contribution is -0.0812. The molecule has 4 rings (SSSR count). The van der Waals surface area contributed by atoms with Crippen LogP contribution in [0.15, 0.2) is 30.9 Å². The Morgan fingerprint density at radius 3 is 2.77 bits per heavy atom. The van der Waals surface area contributed by atoms with E-state index in [9.17, 15) is 10.2 Å². The van der Waals surface area contributed by atoms with Crippen molar-refractivity contribution < 1.29 is 10.2 Å². The van der Waals surface area contributed by atoms with Crippen LogP contribution < -0.4 is 5.32 Å². The maximum Gasteiger partial charge on any atom is 0.115 e. The van der Waals surface area contributed by atoms with Gasteiger partial charge in [0.1, 0.15) is 5.75 Å². The Morgan fingerprint density at radius 1 is 1.20 bits per heavy atom. The van der Waals surface area contributed by atoms with Crippen LogP contribution in [0.1, 0.15) is 81.8 Å². The van der Waals surface area contributed by atoms with Gasteiger partial charge in [0.05, 0.1) is 6.10 Å². The summed E-state index contributed by atoms with van der Waals surface area (Å²) in [7, 11) is 2.03. The van der Waals surface area contributed by atoms with Gasteiger partial charge in [-0.25, -0.2) is 0 Å². The first-order chi connectivity index (χ1) is 14.5. The third-order valence-corrected chi connectivity index (χ3v) is 9.11. The summed E-state index contributed by atoms with van der Waals surface area (Å²) >= 11 is 0. The zero-order valence-electron chi connectivity index (χ0n) is 19.0. The number of aryl methyl sites for hydroxylation is 1. The Balaban J connectivity index is 1.65. The van der Waals surface area contributed by atoms with Crippen LogP contribution in [-0.2, 0) is 6.42 Å². The molecule has 0 saturated heterocycles. The summed E-state index contributed by atoms with van der Waals surface area (Å²) in [6, 6.07) is 6.07. The van der Waals surface area contributed by atoms with Gasteiger partial charge in [-0.15, -0.1) is 6.58 Å². The van der Waals surface area contributed by atoms with E-state index < -0.39 is 0 Å². The molecule has 0 amide bonds. The molecule has 6 atom stereocenters. The van der Waals surface area contributed by atoms with E-state index in [1.165, 1.54) is 43.2 Å². The highest BCUT2D eigenvalue weighted by atomic mass is 16.3. The number of phenols is 1. The molecule has 0 radical (unpaired) electrons. The fourth-order valence-electron chi connectivity index (χ4n) is 7.75. The molecular formula is C27H41NO2. The minimum absolute atomic E-state index is 0.00983. The molecule has 0 aromatic heterocycles. The molecule has 0 spiro atoms. The normalized spacial score (nSPS) is 37.3. The number of fused-ring (bicyclic) bond motifs is 5. The van der Waals surface area contributed by atoms with E-state index in [0.717, 1.165) is 38.6 Å². The molecule has 1 aromatic carbocycles. The van der Waals surface area contributed by atoms with Crippen molar-refractivity contribution in [1.82, 2.24) is 5.32 Å². The molecule has 0 heterocycles. The van der Waals surface area contributed by atoms with Gasteiger partial charge in [-0.2, -0.15) is 0 Å². The molecule has 30 heavy (non-hydrogen) atoms. The Labute approximate surface area is 183 Å². The van der Waals surface area contributed by atoms with Crippen molar-refractivity contribution >= 4 is 0 Å². The van der Waals surface area contributed by atoms with Gasteiger partial charge < -0.3 is 15.5 Å². The summed E-state index contributed by atoms with van der Waals surface area (Å²) in [5.74, 6) is 1.94. The molecule has 3 N–H and O–H groups in total. The summed E-state index contributed by atoms with van der Waals surface area (Å²) < 4.78 is 0. The van der Waals surface area contributed by atoms with E-state index in [0.29, 0.717) is 23.5 Å². The molecule has 2 fully saturated rings. The van der Waals surface area contributed by atoms with E-state index in [4.69, 9.17) is 0 Å². The molecule has 2 saturated carbocycles. The summed E-state index contributed by atoms with van der Waals surface area (Å²) in [4.78, 5) is 0. The van der Waals surface area contributed by atoms with Gasteiger partial charge in [-0.1, -0.05) is 38.3 Å². The van der Waals surface area contributed by atoms with Gasteiger partial charge >= 0.3 is 0 Å². The predicted molar refractivity (Wildman–Crippen MR) is 124 cm³/mol. The largest absolute Gasteiger partial charge is 0.508 e. The first kappa shape index (κ1) is 21.9. The maximum absolute atomic E-state index is 11.0. The molecule has 3 aliphatic carbocycles. The highest BCUT2D eigenvalue weighted by molar-refractivity contribution is 5.43. The molecule has 3 aliphatic rings. The molecule has 1 aromatic rings. The van der Waals surface area contributed by atoms with E-state index >= 15 is 0 Å². The average molecular weight is 412 g/mol. The fourth-order valence-corrected chi connectivity index (χ4v) is 7.75. The minimum Gasteiger partial charge on any atom is -0.508 e. The van der Waals surface area contributed by atoms with Crippen molar-refractivity contribution in [3.05, 3.63) is 42.0 Å².